The first-order chi connectivity index (χ1) is 9.02. The molecule has 2 rings (SSSR count). The number of benzene rings is 1. The van der Waals surface area contributed by atoms with Gasteiger partial charge in [-0.05, 0) is 37.1 Å². The molecule has 0 spiro atoms. The van der Waals surface area contributed by atoms with Crippen LogP contribution in [0, 0.1) is 13.8 Å². The van der Waals surface area contributed by atoms with Crippen LogP contribution in [0.25, 0.3) is 0 Å². The molecule has 0 aromatic heterocycles. The summed E-state index contributed by atoms with van der Waals surface area (Å²) in [6.45, 7) is 6.76. The van der Waals surface area contributed by atoms with E-state index in [9.17, 15) is 9.59 Å². The van der Waals surface area contributed by atoms with E-state index in [2.05, 4.69) is 4.90 Å². The van der Waals surface area contributed by atoms with Gasteiger partial charge in [0.2, 0.25) is 0 Å². The van der Waals surface area contributed by atoms with Gasteiger partial charge in [-0.25, -0.2) is 4.79 Å². The van der Waals surface area contributed by atoms with Crippen LogP contribution < -0.4 is 10.6 Å². The number of amides is 2. The third-order valence-electron chi connectivity index (χ3n) is 3.64. The first kappa shape index (κ1) is 13.4. The van der Waals surface area contributed by atoms with Crippen molar-refractivity contribution in [2.24, 2.45) is 5.73 Å². The number of primary amides is 1. The van der Waals surface area contributed by atoms with Gasteiger partial charge in [-0.3, -0.25) is 4.79 Å². The third kappa shape index (κ3) is 2.70. The largest absolute Gasteiger partial charge is 0.368 e. The number of anilines is 1. The summed E-state index contributed by atoms with van der Waals surface area (Å²) in [7, 11) is 0. The standard InChI is InChI=1S/C14H19N3O2/c1-10-8-13(11(2)7-12(10)9-18)16-3-5-17(6-4-16)14(15)19/h7-9H,3-6H2,1-2H3,(H2,15,19). The molecule has 0 radical (unpaired) electrons. The van der Waals surface area contributed by atoms with Gasteiger partial charge >= 0.3 is 6.03 Å². The Morgan fingerprint density at radius 1 is 1.16 bits per heavy atom. The Morgan fingerprint density at radius 3 is 2.32 bits per heavy atom. The van der Waals surface area contributed by atoms with Crippen LogP contribution in [0.3, 0.4) is 0 Å². The Labute approximate surface area is 113 Å². The van der Waals surface area contributed by atoms with Crippen LogP contribution in [0.5, 0.6) is 0 Å². The van der Waals surface area contributed by atoms with Crippen molar-refractivity contribution in [2.45, 2.75) is 13.8 Å². The van der Waals surface area contributed by atoms with Crippen LogP contribution in [-0.2, 0) is 0 Å². The van der Waals surface area contributed by atoms with Crippen molar-refractivity contribution in [2.75, 3.05) is 31.1 Å². The van der Waals surface area contributed by atoms with E-state index >= 15 is 0 Å². The number of hydrogen-bond donors (Lipinski definition) is 1. The average Bonchev–Trinajstić information content (AvgIpc) is 2.41. The van der Waals surface area contributed by atoms with E-state index in [-0.39, 0.29) is 6.03 Å². The van der Waals surface area contributed by atoms with Crippen molar-refractivity contribution in [3.05, 3.63) is 28.8 Å². The van der Waals surface area contributed by atoms with Gasteiger partial charge in [0.05, 0.1) is 0 Å². The first-order valence-electron chi connectivity index (χ1n) is 6.38. The lowest BCUT2D eigenvalue weighted by Crippen LogP contribution is -2.50. The second-order valence-corrected chi connectivity index (χ2v) is 4.93. The highest BCUT2D eigenvalue weighted by Crippen LogP contribution is 2.24. The third-order valence-corrected chi connectivity index (χ3v) is 3.64. The molecule has 2 N–H and O–H groups in total. The van der Waals surface area contributed by atoms with Gasteiger partial charge in [0.15, 0.2) is 0 Å². The van der Waals surface area contributed by atoms with Gasteiger partial charge in [0.1, 0.15) is 6.29 Å². The maximum atomic E-state index is 11.1. The van der Waals surface area contributed by atoms with E-state index in [4.69, 9.17) is 5.73 Å². The van der Waals surface area contributed by atoms with Gasteiger partial charge in [0, 0.05) is 37.4 Å². The maximum Gasteiger partial charge on any atom is 0.314 e. The van der Waals surface area contributed by atoms with E-state index in [1.165, 1.54) is 0 Å². The fourth-order valence-electron chi connectivity index (χ4n) is 2.46. The molecule has 2 amide bonds. The fraction of sp³-hybridized carbons (Fsp3) is 0.429. The topological polar surface area (TPSA) is 66.6 Å². The second kappa shape index (κ2) is 5.30. The molecule has 0 atom stereocenters. The zero-order valence-corrected chi connectivity index (χ0v) is 11.3. The zero-order valence-electron chi connectivity index (χ0n) is 11.3. The van der Waals surface area contributed by atoms with Crippen LogP contribution >= 0.6 is 0 Å². The molecular weight excluding hydrogens is 242 g/mol. The average molecular weight is 261 g/mol. The summed E-state index contributed by atoms with van der Waals surface area (Å²) < 4.78 is 0. The lowest BCUT2D eigenvalue weighted by molar-refractivity contribution is 0.112. The van der Waals surface area contributed by atoms with Crippen LogP contribution in [0.1, 0.15) is 21.5 Å². The monoisotopic (exact) mass is 261 g/mol. The molecule has 1 aromatic rings. The summed E-state index contributed by atoms with van der Waals surface area (Å²) in [5, 5.41) is 0. The van der Waals surface area contributed by atoms with Crippen LogP contribution in [-0.4, -0.2) is 43.4 Å². The van der Waals surface area contributed by atoms with E-state index in [1.807, 2.05) is 26.0 Å². The number of carbonyl (C=O) groups is 2. The predicted octanol–water partition coefficient (Wildman–Crippen LogP) is 1.32. The summed E-state index contributed by atoms with van der Waals surface area (Å²) in [5.74, 6) is 0. The number of nitrogens with zero attached hydrogens (tertiary/aromatic N) is 2. The summed E-state index contributed by atoms with van der Waals surface area (Å²) in [6, 6.07) is 3.60. The Bertz CT molecular complexity index is 506. The minimum atomic E-state index is -0.358. The summed E-state index contributed by atoms with van der Waals surface area (Å²) in [5.41, 5.74) is 9.20. The first-order valence-corrected chi connectivity index (χ1v) is 6.38. The molecule has 1 aliphatic heterocycles. The molecule has 1 saturated heterocycles. The maximum absolute atomic E-state index is 11.1. The van der Waals surface area contributed by atoms with Gasteiger partial charge in [-0.2, -0.15) is 0 Å². The number of urea groups is 1. The molecular formula is C14H19N3O2. The Balaban J connectivity index is 2.18. The molecule has 102 valence electrons. The van der Waals surface area contributed by atoms with E-state index in [1.54, 1.807) is 4.90 Å². The van der Waals surface area contributed by atoms with Crippen LogP contribution in [0.15, 0.2) is 12.1 Å². The quantitative estimate of drug-likeness (QED) is 0.816. The minimum Gasteiger partial charge on any atom is -0.368 e. The Morgan fingerprint density at radius 2 is 1.79 bits per heavy atom. The van der Waals surface area contributed by atoms with Crippen molar-refractivity contribution < 1.29 is 9.59 Å². The SMILES string of the molecule is Cc1cc(N2CCN(C(N)=O)CC2)c(C)cc1C=O. The molecule has 19 heavy (non-hydrogen) atoms. The molecule has 1 heterocycles. The molecule has 1 aromatic carbocycles. The summed E-state index contributed by atoms with van der Waals surface area (Å²) in [6.07, 6.45) is 0.886. The van der Waals surface area contributed by atoms with Crippen molar-refractivity contribution >= 4 is 18.0 Å². The van der Waals surface area contributed by atoms with Crippen molar-refractivity contribution in [3.8, 4) is 0 Å². The number of carbonyl (C=O) groups excluding carboxylic acids is 2. The number of rotatable bonds is 2. The van der Waals surface area contributed by atoms with Crippen molar-refractivity contribution in [1.82, 2.24) is 4.90 Å². The molecule has 5 nitrogen and oxygen atoms in total. The number of aryl methyl sites for hydroxylation is 2. The van der Waals surface area contributed by atoms with Crippen molar-refractivity contribution in [3.63, 3.8) is 0 Å². The minimum absolute atomic E-state index is 0.358. The second-order valence-electron chi connectivity index (χ2n) is 4.93. The van der Waals surface area contributed by atoms with Gasteiger partial charge in [-0.1, -0.05) is 0 Å². The molecule has 1 fully saturated rings. The zero-order chi connectivity index (χ0) is 14.0. The number of hydrogen-bond acceptors (Lipinski definition) is 3. The van der Waals surface area contributed by atoms with Gasteiger partial charge in [-0.15, -0.1) is 0 Å². The molecule has 5 heteroatoms. The van der Waals surface area contributed by atoms with E-state index in [0.29, 0.717) is 13.1 Å². The van der Waals surface area contributed by atoms with Crippen LogP contribution in [0.4, 0.5) is 10.5 Å². The van der Waals surface area contributed by atoms with Gasteiger partial charge < -0.3 is 15.5 Å². The fourth-order valence-corrected chi connectivity index (χ4v) is 2.46. The van der Waals surface area contributed by atoms with E-state index in [0.717, 1.165) is 41.8 Å². The molecule has 0 unspecified atom stereocenters. The highest BCUT2D eigenvalue weighted by atomic mass is 16.2. The highest BCUT2D eigenvalue weighted by molar-refractivity contribution is 5.79. The van der Waals surface area contributed by atoms with E-state index < -0.39 is 0 Å². The highest BCUT2D eigenvalue weighted by Gasteiger charge is 2.20. The lowest BCUT2D eigenvalue weighted by atomic mass is 10.0. The number of nitrogens with two attached hydrogens (primary N) is 1. The molecule has 1 aliphatic rings. The Hall–Kier alpha value is -2.04. The number of piperazine rings is 1. The molecule has 0 bridgehead atoms. The molecule has 0 aliphatic carbocycles. The summed E-state index contributed by atoms with van der Waals surface area (Å²) >= 11 is 0. The predicted molar refractivity (Wildman–Crippen MR) is 74.7 cm³/mol. The molecule has 0 saturated carbocycles. The lowest BCUT2D eigenvalue weighted by Gasteiger charge is -2.36. The Kier molecular flexibility index (Phi) is 3.74. The summed E-state index contributed by atoms with van der Waals surface area (Å²) in [4.78, 5) is 25.9. The van der Waals surface area contributed by atoms with Crippen LogP contribution in [0.2, 0.25) is 0 Å². The smallest absolute Gasteiger partial charge is 0.314 e. The number of aldehydes is 1. The normalized spacial score (nSPS) is 15.5. The van der Waals surface area contributed by atoms with Crippen molar-refractivity contribution in [1.29, 1.82) is 0 Å². The van der Waals surface area contributed by atoms with Gasteiger partial charge in [0.25, 0.3) is 0 Å².